The smallest absolute Gasteiger partial charge is 0.203 e. The zero-order valence-electron chi connectivity index (χ0n) is 9.10. The number of rotatable bonds is 5. The Morgan fingerprint density at radius 1 is 1.33 bits per heavy atom. The van der Waals surface area contributed by atoms with E-state index in [2.05, 4.69) is 17.9 Å². The summed E-state index contributed by atoms with van der Waals surface area (Å²) >= 11 is 3.88. The zero-order valence-corrected chi connectivity index (χ0v) is 10.00. The average molecular weight is 223 g/mol. The van der Waals surface area contributed by atoms with E-state index in [9.17, 15) is 4.79 Å². The van der Waals surface area contributed by atoms with Gasteiger partial charge in [-0.05, 0) is 11.5 Å². The van der Waals surface area contributed by atoms with Crippen LogP contribution in [-0.4, -0.2) is 11.2 Å². The minimum Gasteiger partial charge on any atom is -0.302 e. The molecule has 1 N–H and O–H groups in total. The lowest BCUT2D eigenvalue weighted by Crippen LogP contribution is -2.38. The van der Waals surface area contributed by atoms with Gasteiger partial charge in [-0.15, -0.1) is 12.6 Å². The molecule has 0 amide bonds. The summed E-state index contributed by atoms with van der Waals surface area (Å²) in [6, 6.07) is 9.86. The van der Waals surface area contributed by atoms with Crippen molar-refractivity contribution in [1.29, 1.82) is 0 Å². The maximum Gasteiger partial charge on any atom is 0.203 e. The highest BCUT2D eigenvalue weighted by Crippen LogP contribution is 2.07. The summed E-state index contributed by atoms with van der Waals surface area (Å²) in [7, 11) is 0. The average Bonchev–Trinajstić information content (AvgIpc) is 2.18. The third-order valence-electron chi connectivity index (χ3n) is 2.30. The van der Waals surface area contributed by atoms with E-state index in [1.54, 1.807) is 0 Å². The second-order valence-corrected chi connectivity index (χ2v) is 4.37. The van der Waals surface area contributed by atoms with Crippen LogP contribution in [0.5, 0.6) is 0 Å². The van der Waals surface area contributed by atoms with Crippen LogP contribution in [0.3, 0.4) is 0 Å². The summed E-state index contributed by atoms with van der Waals surface area (Å²) in [5.74, 6) is 0.263. The summed E-state index contributed by atoms with van der Waals surface area (Å²) in [5, 5.41) is 3.11. The Hall–Kier alpha value is -0.800. The Labute approximate surface area is 96.5 Å². The number of hydrogen-bond acceptors (Lipinski definition) is 2. The van der Waals surface area contributed by atoms with Crippen LogP contribution >= 0.6 is 12.6 Å². The summed E-state index contributed by atoms with van der Waals surface area (Å²) in [4.78, 5) is 11.2. The lowest BCUT2D eigenvalue weighted by molar-refractivity contribution is -0.113. The molecule has 0 aliphatic heterocycles. The van der Waals surface area contributed by atoms with E-state index in [1.165, 1.54) is 5.56 Å². The van der Waals surface area contributed by atoms with Crippen molar-refractivity contribution in [1.82, 2.24) is 5.32 Å². The van der Waals surface area contributed by atoms with Gasteiger partial charge in [0, 0.05) is 6.54 Å². The van der Waals surface area contributed by atoms with Crippen LogP contribution in [0, 0.1) is 5.92 Å². The number of nitrogens with one attached hydrogen (secondary N) is 1. The maximum absolute atomic E-state index is 11.2. The molecule has 0 radical (unpaired) electrons. The molecular weight excluding hydrogens is 206 g/mol. The van der Waals surface area contributed by atoms with Gasteiger partial charge < -0.3 is 5.32 Å². The molecule has 2 nitrogen and oxygen atoms in total. The molecule has 0 aromatic heterocycles. The van der Waals surface area contributed by atoms with E-state index >= 15 is 0 Å². The maximum atomic E-state index is 11.2. The van der Waals surface area contributed by atoms with Gasteiger partial charge in [-0.1, -0.05) is 44.2 Å². The van der Waals surface area contributed by atoms with Crippen molar-refractivity contribution in [2.75, 3.05) is 0 Å². The molecule has 0 aliphatic rings. The second-order valence-electron chi connectivity index (χ2n) is 3.93. The lowest BCUT2D eigenvalue weighted by Gasteiger charge is -2.18. The first-order valence-electron chi connectivity index (χ1n) is 5.11. The SMILES string of the molecule is CC(C)[C@H](NCc1ccccc1)C(=O)S. The van der Waals surface area contributed by atoms with Gasteiger partial charge in [0.05, 0.1) is 6.04 Å². The van der Waals surface area contributed by atoms with E-state index < -0.39 is 0 Å². The highest BCUT2D eigenvalue weighted by atomic mass is 32.1. The molecule has 3 heteroatoms. The molecular formula is C12H17NOS. The van der Waals surface area contributed by atoms with Gasteiger partial charge in [0.2, 0.25) is 5.12 Å². The van der Waals surface area contributed by atoms with Crippen molar-refractivity contribution in [3.63, 3.8) is 0 Å². The van der Waals surface area contributed by atoms with Crippen LogP contribution in [0.25, 0.3) is 0 Å². The van der Waals surface area contributed by atoms with Crippen LogP contribution in [0.2, 0.25) is 0 Å². The monoisotopic (exact) mass is 223 g/mol. The van der Waals surface area contributed by atoms with Gasteiger partial charge in [-0.2, -0.15) is 0 Å². The Balaban J connectivity index is 2.51. The number of carbonyl (C=O) groups is 1. The molecule has 0 saturated carbocycles. The highest BCUT2D eigenvalue weighted by Gasteiger charge is 2.17. The minimum atomic E-state index is -0.173. The van der Waals surface area contributed by atoms with Crippen LogP contribution in [-0.2, 0) is 11.3 Å². The van der Waals surface area contributed by atoms with Gasteiger partial charge in [0.1, 0.15) is 0 Å². The molecule has 0 heterocycles. The first-order chi connectivity index (χ1) is 7.11. The number of benzene rings is 1. The normalized spacial score (nSPS) is 12.8. The summed E-state index contributed by atoms with van der Waals surface area (Å²) in [5.41, 5.74) is 1.18. The predicted molar refractivity (Wildman–Crippen MR) is 65.9 cm³/mol. The van der Waals surface area contributed by atoms with Crippen LogP contribution < -0.4 is 5.32 Å². The molecule has 0 saturated heterocycles. The molecule has 0 fully saturated rings. The van der Waals surface area contributed by atoms with Crippen molar-refractivity contribution in [2.45, 2.75) is 26.4 Å². The van der Waals surface area contributed by atoms with E-state index in [0.717, 1.165) is 0 Å². The van der Waals surface area contributed by atoms with Crippen molar-refractivity contribution < 1.29 is 4.79 Å². The Bertz CT molecular complexity index is 311. The summed E-state index contributed by atoms with van der Waals surface area (Å²) in [6.45, 7) is 4.73. The van der Waals surface area contributed by atoms with Crippen LogP contribution in [0.15, 0.2) is 30.3 Å². The first-order valence-corrected chi connectivity index (χ1v) is 5.56. The molecule has 0 bridgehead atoms. The van der Waals surface area contributed by atoms with Gasteiger partial charge in [-0.3, -0.25) is 4.79 Å². The van der Waals surface area contributed by atoms with E-state index in [4.69, 9.17) is 0 Å². The highest BCUT2D eigenvalue weighted by molar-refractivity contribution is 7.96. The third kappa shape index (κ3) is 4.06. The van der Waals surface area contributed by atoms with Crippen molar-refractivity contribution in [3.8, 4) is 0 Å². The molecule has 0 spiro atoms. The van der Waals surface area contributed by atoms with Crippen LogP contribution in [0.4, 0.5) is 0 Å². The molecule has 0 unspecified atom stereocenters. The van der Waals surface area contributed by atoms with E-state index in [1.807, 2.05) is 44.2 Å². The minimum absolute atomic E-state index is 0.0964. The lowest BCUT2D eigenvalue weighted by atomic mass is 10.1. The topological polar surface area (TPSA) is 29.1 Å². The second kappa shape index (κ2) is 5.93. The fourth-order valence-electron chi connectivity index (χ4n) is 1.43. The number of hydrogen-bond donors (Lipinski definition) is 2. The summed E-state index contributed by atoms with van der Waals surface area (Å²) < 4.78 is 0. The predicted octanol–water partition coefficient (Wildman–Crippen LogP) is 2.26. The Kier molecular flexibility index (Phi) is 4.85. The van der Waals surface area contributed by atoms with E-state index in [0.29, 0.717) is 6.54 Å². The first kappa shape index (κ1) is 12.3. The standard InChI is InChI=1S/C12H17NOS/c1-9(2)11(12(14)15)13-8-10-6-4-3-5-7-10/h3-7,9,11,13H,8H2,1-2H3,(H,14,15)/t11-/m0/s1. The third-order valence-corrected chi connectivity index (χ3v) is 2.58. The van der Waals surface area contributed by atoms with Gasteiger partial charge in [-0.25, -0.2) is 0 Å². The molecule has 15 heavy (non-hydrogen) atoms. The quantitative estimate of drug-likeness (QED) is 0.750. The molecule has 82 valence electrons. The fourth-order valence-corrected chi connectivity index (χ4v) is 1.82. The molecule has 1 aromatic rings. The largest absolute Gasteiger partial charge is 0.302 e. The van der Waals surface area contributed by atoms with Gasteiger partial charge >= 0.3 is 0 Å². The molecule has 1 atom stereocenters. The van der Waals surface area contributed by atoms with E-state index in [-0.39, 0.29) is 17.1 Å². The Morgan fingerprint density at radius 3 is 2.40 bits per heavy atom. The van der Waals surface area contributed by atoms with Gasteiger partial charge in [0.25, 0.3) is 0 Å². The molecule has 0 aliphatic carbocycles. The van der Waals surface area contributed by atoms with Crippen LogP contribution in [0.1, 0.15) is 19.4 Å². The fraction of sp³-hybridized carbons (Fsp3) is 0.417. The van der Waals surface area contributed by atoms with Gasteiger partial charge in [0.15, 0.2) is 0 Å². The van der Waals surface area contributed by atoms with Crippen molar-refractivity contribution in [3.05, 3.63) is 35.9 Å². The molecule has 1 aromatic carbocycles. The Morgan fingerprint density at radius 2 is 1.93 bits per heavy atom. The summed E-state index contributed by atoms with van der Waals surface area (Å²) in [6.07, 6.45) is 0. The number of carbonyl (C=O) groups excluding carboxylic acids is 1. The number of thiol groups is 1. The zero-order chi connectivity index (χ0) is 11.3. The van der Waals surface area contributed by atoms with Crippen molar-refractivity contribution in [2.24, 2.45) is 5.92 Å². The van der Waals surface area contributed by atoms with Crippen molar-refractivity contribution >= 4 is 17.7 Å². The molecule has 1 rings (SSSR count).